The van der Waals surface area contributed by atoms with E-state index >= 15 is 0 Å². The number of hydrogen-bond donors (Lipinski definition) is 0. The summed E-state index contributed by atoms with van der Waals surface area (Å²) in [7, 11) is 6.21. The van der Waals surface area contributed by atoms with Crippen LogP contribution in [0.4, 0.5) is 0 Å². The molecule has 9 heterocycles. The van der Waals surface area contributed by atoms with Gasteiger partial charge in [0.15, 0.2) is 0 Å². The SMILES string of the molecule is Cn1c(-c2[c-]c3c(cc2)c2cc(-c4ccccc4)ccc2n3-c2[c-]c(-c3ccc(-c4ccccc4)cn3)ccc2)nc2ccccc21.Cn1c(-c2[c-]c3c(cc2)c2cc(-c4ccccc4)ccc2n3-c2[c-]c(-c3ccccn3)cc(-c3ccccc3)c2)nc2ccccc21.Cn1c(-c2[c-]c3c(cc2)c2ccccc2n3-c2[c-]c(-c3ccc(-c4ccccc4)cn3)ccc2-c2ccccc2)nc2ccccc21.[Pt+2].[Pt+2].[Pt+2]. The maximum absolute atomic E-state index is 5.01. The Morgan fingerprint density at radius 2 is 0.562 bits per heavy atom. The molecule has 0 saturated carbocycles. The second-order valence-electron chi connectivity index (χ2n) is 35.4. The molecule has 15 heteroatoms. The summed E-state index contributed by atoms with van der Waals surface area (Å²) in [5.41, 5.74) is 37.1. The molecular weight excluding hydrogens is 2300 g/mol. The van der Waals surface area contributed by atoms with Gasteiger partial charge in [0, 0.05) is 56.3 Å². The number of pyridine rings is 3. The van der Waals surface area contributed by atoms with Crippen molar-refractivity contribution in [2.24, 2.45) is 21.1 Å². The summed E-state index contributed by atoms with van der Waals surface area (Å²) in [4.78, 5) is 29.4. The number of hydrogen-bond acceptors (Lipinski definition) is 6. The van der Waals surface area contributed by atoms with Gasteiger partial charge in [-0.25, -0.2) is 0 Å². The fraction of sp³-hybridized carbons (Fsp3) is 0.0233. The zero-order chi connectivity index (χ0) is 94.0. The molecule has 0 aliphatic heterocycles. The molecule has 0 N–H and O–H groups in total. The van der Waals surface area contributed by atoms with Gasteiger partial charge in [0.05, 0.1) is 50.6 Å². The van der Waals surface area contributed by atoms with E-state index in [9.17, 15) is 0 Å². The molecule has 0 bridgehead atoms. The summed E-state index contributed by atoms with van der Waals surface area (Å²) in [5, 5.41) is 6.87. The van der Waals surface area contributed by atoms with Crippen molar-refractivity contribution in [3.8, 4) is 152 Å². The largest absolute Gasteiger partial charge is 2.00 e. The Hall–Kier alpha value is -16.7. The number of nitrogens with zero attached hydrogens (tertiary/aromatic N) is 12. The molecule has 0 atom stereocenters. The van der Waals surface area contributed by atoms with Crippen LogP contribution in [0.2, 0.25) is 0 Å². The van der Waals surface area contributed by atoms with Crippen molar-refractivity contribution >= 4 is 98.5 Å². The quantitative estimate of drug-likeness (QED) is 0.0947. The van der Waals surface area contributed by atoms with E-state index in [-0.39, 0.29) is 63.2 Å². The minimum atomic E-state index is 0. The van der Waals surface area contributed by atoms with Gasteiger partial charge in [-0.2, -0.15) is 0 Å². The number of aryl methyl sites for hydroxylation is 3. The number of imidazole rings is 3. The predicted molar refractivity (Wildman–Crippen MR) is 577 cm³/mol. The van der Waals surface area contributed by atoms with Crippen molar-refractivity contribution in [2.45, 2.75) is 0 Å². The fourth-order valence-corrected chi connectivity index (χ4v) is 19.9. The summed E-state index contributed by atoms with van der Waals surface area (Å²) < 4.78 is 13.3. The van der Waals surface area contributed by atoms with Crippen molar-refractivity contribution in [3.63, 3.8) is 0 Å². The molecule has 0 aliphatic carbocycles. The van der Waals surface area contributed by atoms with Crippen LogP contribution in [-0.4, -0.2) is 57.3 Å². The van der Waals surface area contributed by atoms with E-state index in [1.165, 1.54) is 33.0 Å². The number of rotatable bonds is 15. The molecule has 0 unspecified atom stereocenters. The van der Waals surface area contributed by atoms with E-state index in [2.05, 4.69) is 455 Å². The Kier molecular flexibility index (Phi) is 25.5. The maximum Gasteiger partial charge on any atom is 2.00 e. The number of benzene rings is 18. The van der Waals surface area contributed by atoms with Gasteiger partial charge < -0.3 is 42.4 Å². The van der Waals surface area contributed by atoms with Crippen molar-refractivity contribution in [1.82, 2.24) is 57.3 Å². The third-order valence-corrected chi connectivity index (χ3v) is 26.9. The Morgan fingerprint density at radius 1 is 0.201 bits per heavy atom. The third kappa shape index (κ3) is 17.2. The molecule has 0 spiro atoms. The van der Waals surface area contributed by atoms with Crippen molar-refractivity contribution in [2.75, 3.05) is 0 Å². The van der Waals surface area contributed by atoms with E-state index in [1.54, 1.807) is 0 Å². The third-order valence-electron chi connectivity index (χ3n) is 26.9. The first kappa shape index (κ1) is 92.3. The van der Waals surface area contributed by atoms with Crippen LogP contribution in [0.3, 0.4) is 0 Å². The van der Waals surface area contributed by atoms with Gasteiger partial charge in [-0.15, -0.1) is 149 Å². The zero-order valence-electron chi connectivity index (χ0n) is 78.1. The number of para-hydroxylation sites is 7. The van der Waals surface area contributed by atoms with Crippen LogP contribution in [0.25, 0.3) is 250 Å². The molecule has 27 aromatic rings. The summed E-state index contributed by atoms with van der Waals surface area (Å²) in [6.07, 6.45) is 5.72. The Morgan fingerprint density at radius 3 is 1.01 bits per heavy atom. The van der Waals surface area contributed by atoms with Crippen LogP contribution in [0, 0.1) is 36.4 Å². The summed E-state index contributed by atoms with van der Waals surface area (Å²) >= 11 is 0. The van der Waals surface area contributed by atoms with Crippen molar-refractivity contribution in [1.29, 1.82) is 0 Å². The van der Waals surface area contributed by atoms with Gasteiger partial charge >= 0.3 is 63.2 Å². The first-order chi connectivity index (χ1) is 69.6. The fourth-order valence-electron chi connectivity index (χ4n) is 19.9. The molecule has 18 aromatic carbocycles. The van der Waals surface area contributed by atoms with E-state index < -0.39 is 0 Å². The van der Waals surface area contributed by atoms with E-state index in [0.29, 0.717) is 0 Å². The second-order valence-corrected chi connectivity index (χ2v) is 35.4. The van der Waals surface area contributed by atoms with Crippen LogP contribution in [-0.2, 0) is 84.3 Å². The molecule has 27 rings (SSSR count). The van der Waals surface area contributed by atoms with Crippen LogP contribution in [0.15, 0.2) is 455 Å². The Labute approximate surface area is 876 Å². The summed E-state index contributed by atoms with van der Waals surface area (Å²) in [6.45, 7) is 0. The summed E-state index contributed by atoms with van der Waals surface area (Å²) in [5.74, 6) is 2.65. The van der Waals surface area contributed by atoms with E-state index in [0.717, 1.165) is 217 Å². The molecule has 690 valence electrons. The number of aromatic nitrogens is 12. The van der Waals surface area contributed by atoms with E-state index in [4.69, 9.17) is 29.9 Å². The molecule has 12 nitrogen and oxygen atoms in total. The summed E-state index contributed by atoms with van der Waals surface area (Å²) in [6, 6.07) is 175. The molecule has 9 aromatic heterocycles. The monoisotopic (exact) mass is 2390 g/mol. The zero-order valence-corrected chi connectivity index (χ0v) is 84.9. The molecule has 0 fully saturated rings. The molecule has 0 saturated heterocycles. The van der Waals surface area contributed by atoms with Crippen LogP contribution >= 0.6 is 0 Å². The predicted octanol–water partition coefficient (Wildman–Crippen LogP) is 31.0. The van der Waals surface area contributed by atoms with Gasteiger partial charge in [-0.05, 0) is 178 Å². The van der Waals surface area contributed by atoms with Crippen LogP contribution in [0.5, 0.6) is 0 Å². The van der Waals surface area contributed by atoms with Gasteiger partial charge in [0.25, 0.3) is 0 Å². The Balaban J connectivity index is 0.000000122. The molecule has 144 heavy (non-hydrogen) atoms. The number of fused-ring (bicyclic) bond motifs is 12. The van der Waals surface area contributed by atoms with Gasteiger partial charge in [0.1, 0.15) is 0 Å². The molecule has 0 amide bonds. The van der Waals surface area contributed by atoms with Gasteiger partial charge in [0.2, 0.25) is 0 Å². The molecule has 0 radical (unpaired) electrons. The first-order valence-corrected chi connectivity index (χ1v) is 47.2. The molecule has 0 aliphatic rings. The smallest absolute Gasteiger partial charge is 0.367 e. The Bertz CT molecular complexity index is 9370. The topological polar surface area (TPSA) is 107 Å². The average molecular weight is 2390 g/mol. The van der Waals surface area contributed by atoms with E-state index in [1.807, 2.05) is 85.3 Å². The minimum absolute atomic E-state index is 0. The van der Waals surface area contributed by atoms with Gasteiger partial charge in [-0.1, -0.05) is 330 Å². The van der Waals surface area contributed by atoms with Crippen molar-refractivity contribution in [3.05, 3.63) is 492 Å². The average Bonchev–Trinajstić information content (AvgIpc) is 1.58. The maximum atomic E-state index is 5.01. The molecular formula is C129H84N12Pt3. The van der Waals surface area contributed by atoms with Gasteiger partial charge in [-0.3, -0.25) is 15.0 Å². The second kappa shape index (κ2) is 39.8. The standard InChI is InChI=1S/3C43H28N4.3Pt/c1-46-40-19-11-9-17-38(40)45-43(46)32-21-24-36-35-16-8-10-18-39(35)47(42(36)27-32)41-26-31(20-23-34(41)30-14-6-3-7-15-30)37-25-22-33(28-44-37)29-12-4-2-5-13-29;1-46-41-18-9-8-17-39(41)45-43(46)32-19-21-36-37-27-31(29-12-4-2-5-13-29)20-22-40(37)47(42(36)28-32)35-25-33(30-14-6-3-7-15-30)24-34(26-35)38-16-10-11-23-44-38;1-46-41-18-9-8-17-39(41)45-43(46)33-19-22-36-37-26-31(29-11-4-2-5-12-29)21-24-40(37)47(42(36)27-33)35-16-10-15-32(25-35)38-23-20-34(28-44-38)30-13-6-3-7-14-30;;;/h2-25,28H,1H3;2-25,27H,1H3;2-24,26,28H,1H3;;;/q3*-2;3*+2. The van der Waals surface area contributed by atoms with Crippen LogP contribution < -0.4 is 0 Å². The normalized spacial score (nSPS) is 11.3. The van der Waals surface area contributed by atoms with Crippen molar-refractivity contribution < 1.29 is 63.2 Å². The minimum Gasteiger partial charge on any atom is -0.367 e. The van der Waals surface area contributed by atoms with Crippen LogP contribution in [0.1, 0.15) is 0 Å². The first-order valence-electron chi connectivity index (χ1n) is 47.2.